The predicted octanol–water partition coefficient (Wildman–Crippen LogP) is -0.686. The Kier molecular flexibility index (Phi) is 6.06. The second-order valence-electron chi connectivity index (χ2n) is 4.97. The predicted molar refractivity (Wildman–Crippen MR) is 77.4 cm³/mol. The Morgan fingerprint density at radius 3 is 2.55 bits per heavy atom. The van der Waals surface area contributed by atoms with E-state index in [1.807, 2.05) is 0 Å². The molecule has 0 unspecified atom stereocenters. The van der Waals surface area contributed by atoms with Crippen LogP contribution in [0.1, 0.15) is 20.3 Å². The molecule has 0 bridgehead atoms. The van der Waals surface area contributed by atoms with E-state index in [1.54, 1.807) is 20.9 Å². The van der Waals surface area contributed by atoms with Gasteiger partial charge in [-0.1, -0.05) is 20.3 Å². The van der Waals surface area contributed by atoms with Crippen molar-refractivity contribution in [1.82, 2.24) is 19.6 Å². The van der Waals surface area contributed by atoms with Crippen LogP contribution in [0.3, 0.4) is 0 Å². The molecule has 0 aliphatic heterocycles. The summed E-state index contributed by atoms with van der Waals surface area (Å²) in [5, 5.41) is 11.2. The van der Waals surface area contributed by atoms with Crippen LogP contribution in [0.4, 0.5) is 0 Å². The van der Waals surface area contributed by atoms with Gasteiger partial charge in [0.05, 0.1) is 12.9 Å². The lowest BCUT2D eigenvalue weighted by Crippen LogP contribution is -2.48. The Labute approximate surface area is 128 Å². The fourth-order valence-corrected chi connectivity index (χ4v) is 2.63. The molecule has 1 aromatic rings. The average Bonchev–Trinajstić information content (AvgIpc) is 2.89. The number of imidazole rings is 1. The Balaban J connectivity index is 2.64. The van der Waals surface area contributed by atoms with E-state index in [1.165, 1.54) is 17.1 Å². The fraction of sp³-hybridized carbons (Fsp3) is 0.583. The van der Waals surface area contributed by atoms with Crippen molar-refractivity contribution in [3.63, 3.8) is 0 Å². The highest BCUT2D eigenvalue weighted by Gasteiger charge is 2.26. The van der Waals surface area contributed by atoms with Gasteiger partial charge in [-0.25, -0.2) is 22.9 Å². The molecule has 1 aromatic heterocycles. The van der Waals surface area contributed by atoms with E-state index in [0.29, 0.717) is 6.42 Å². The molecule has 124 valence electrons. The van der Waals surface area contributed by atoms with E-state index in [4.69, 9.17) is 5.11 Å². The lowest BCUT2D eigenvalue weighted by atomic mass is 9.99. The number of nitrogens with one attached hydrogen (secondary N) is 2. The molecule has 0 radical (unpaired) electrons. The van der Waals surface area contributed by atoms with Gasteiger partial charge >= 0.3 is 5.97 Å². The fourth-order valence-electron chi connectivity index (χ4n) is 1.67. The highest BCUT2D eigenvalue weighted by molar-refractivity contribution is 7.89. The van der Waals surface area contributed by atoms with Gasteiger partial charge in [0.25, 0.3) is 10.0 Å². The molecule has 0 aromatic carbocycles. The van der Waals surface area contributed by atoms with E-state index in [0.717, 1.165) is 0 Å². The SMILES string of the molecule is CC[C@H](C)[C@H](NC(=O)CNS(=O)(=O)c1cn(C)cn1)C(=O)O. The van der Waals surface area contributed by atoms with Crippen molar-refractivity contribution in [2.45, 2.75) is 31.3 Å². The molecular weight excluding hydrogens is 312 g/mol. The normalized spacial score (nSPS) is 14.3. The summed E-state index contributed by atoms with van der Waals surface area (Å²) in [7, 11) is -2.29. The number of amides is 1. The number of nitrogens with zero attached hydrogens (tertiary/aromatic N) is 2. The highest BCUT2D eigenvalue weighted by Crippen LogP contribution is 2.08. The molecule has 1 rings (SSSR count). The molecule has 9 nitrogen and oxygen atoms in total. The molecule has 10 heteroatoms. The number of carbonyl (C=O) groups excluding carboxylic acids is 1. The van der Waals surface area contributed by atoms with E-state index in [9.17, 15) is 18.0 Å². The molecule has 0 saturated carbocycles. The Morgan fingerprint density at radius 2 is 2.09 bits per heavy atom. The number of carboxylic acid groups (broad SMARTS) is 1. The zero-order valence-electron chi connectivity index (χ0n) is 12.6. The maximum absolute atomic E-state index is 11.9. The van der Waals surface area contributed by atoms with Crippen LogP contribution in [0.15, 0.2) is 17.6 Å². The third-order valence-electron chi connectivity index (χ3n) is 3.17. The summed E-state index contributed by atoms with van der Waals surface area (Å²) in [6, 6.07) is -1.06. The number of carbonyl (C=O) groups is 2. The summed E-state index contributed by atoms with van der Waals surface area (Å²) in [4.78, 5) is 26.5. The number of aromatic nitrogens is 2. The quantitative estimate of drug-likeness (QED) is 0.578. The van der Waals surface area contributed by atoms with Crippen LogP contribution in [0.25, 0.3) is 0 Å². The maximum Gasteiger partial charge on any atom is 0.326 e. The molecule has 0 saturated heterocycles. The third kappa shape index (κ3) is 4.81. The summed E-state index contributed by atoms with van der Waals surface area (Å²) >= 11 is 0. The summed E-state index contributed by atoms with van der Waals surface area (Å²) in [5.74, 6) is -2.14. The van der Waals surface area contributed by atoms with E-state index >= 15 is 0 Å². The maximum atomic E-state index is 11.9. The van der Waals surface area contributed by atoms with Crippen molar-refractivity contribution >= 4 is 21.9 Å². The molecule has 3 N–H and O–H groups in total. The van der Waals surface area contributed by atoms with Crippen LogP contribution in [0.5, 0.6) is 0 Å². The molecule has 0 aliphatic rings. The van der Waals surface area contributed by atoms with Crippen molar-refractivity contribution in [1.29, 1.82) is 0 Å². The van der Waals surface area contributed by atoms with E-state index in [2.05, 4.69) is 15.0 Å². The van der Waals surface area contributed by atoms with Crippen molar-refractivity contribution in [3.8, 4) is 0 Å². The van der Waals surface area contributed by atoms with Gasteiger partial charge in [-0.2, -0.15) is 0 Å². The van der Waals surface area contributed by atoms with Gasteiger partial charge in [-0.15, -0.1) is 0 Å². The monoisotopic (exact) mass is 332 g/mol. The molecule has 2 atom stereocenters. The number of aliphatic carboxylic acids is 1. The summed E-state index contributed by atoms with van der Waals surface area (Å²) in [6.45, 7) is 2.94. The van der Waals surface area contributed by atoms with Crippen LogP contribution >= 0.6 is 0 Å². The first-order chi connectivity index (χ1) is 10.2. The van der Waals surface area contributed by atoms with Gasteiger partial charge in [0.1, 0.15) is 6.04 Å². The summed E-state index contributed by atoms with van der Waals surface area (Å²) in [5.41, 5.74) is 0. The second-order valence-corrected chi connectivity index (χ2v) is 6.68. The smallest absolute Gasteiger partial charge is 0.326 e. The van der Waals surface area contributed by atoms with Gasteiger partial charge in [0.15, 0.2) is 5.03 Å². The Morgan fingerprint density at radius 1 is 1.45 bits per heavy atom. The zero-order chi connectivity index (χ0) is 16.9. The first-order valence-electron chi connectivity index (χ1n) is 6.67. The highest BCUT2D eigenvalue weighted by atomic mass is 32.2. The number of hydrogen-bond donors (Lipinski definition) is 3. The van der Waals surface area contributed by atoms with Crippen LogP contribution in [-0.2, 0) is 26.7 Å². The molecule has 22 heavy (non-hydrogen) atoms. The molecule has 0 spiro atoms. The first-order valence-corrected chi connectivity index (χ1v) is 8.15. The standard InChI is InChI=1S/C12H20N4O5S/c1-4-8(2)11(12(18)19)15-9(17)5-14-22(20,21)10-6-16(3)7-13-10/h6-8,11,14H,4-5H2,1-3H3,(H,15,17)(H,18,19)/t8-,11-/m0/s1. The number of rotatable bonds is 8. The van der Waals surface area contributed by atoms with Gasteiger partial charge in [-0.05, 0) is 5.92 Å². The van der Waals surface area contributed by atoms with Crippen LogP contribution in [-0.4, -0.2) is 47.5 Å². The van der Waals surface area contributed by atoms with Crippen LogP contribution < -0.4 is 10.0 Å². The van der Waals surface area contributed by atoms with Gasteiger partial charge in [0, 0.05) is 13.2 Å². The minimum atomic E-state index is -3.91. The number of sulfonamides is 1. The van der Waals surface area contributed by atoms with Crippen molar-refractivity contribution in [2.75, 3.05) is 6.54 Å². The van der Waals surface area contributed by atoms with E-state index in [-0.39, 0.29) is 10.9 Å². The number of carboxylic acids is 1. The minimum Gasteiger partial charge on any atom is -0.480 e. The topological polar surface area (TPSA) is 130 Å². The van der Waals surface area contributed by atoms with Crippen LogP contribution in [0, 0.1) is 5.92 Å². The molecule has 1 amide bonds. The number of aryl methyl sites for hydroxylation is 1. The lowest BCUT2D eigenvalue weighted by Gasteiger charge is -2.20. The van der Waals surface area contributed by atoms with Crippen molar-refractivity contribution in [3.05, 3.63) is 12.5 Å². The van der Waals surface area contributed by atoms with Gasteiger partial charge in [0.2, 0.25) is 5.91 Å². The largest absolute Gasteiger partial charge is 0.480 e. The third-order valence-corrected chi connectivity index (χ3v) is 4.46. The van der Waals surface area contributed by atoms with Crippen molar-refractivity contribution in [2.24, 2.45) is 13.0 Å². The van der Waals surface area contributed by atoms with Crippen molar-refractivity contribution < 1.29 is 23.1 Å². The molecular formula is C12H20N4O5S. The molecule has 0 fully saturated rings. The molecule has 1 heterocycles. The number of hydrogen-bond acceptors (Lipinski definition) is 5. The Hall–Kier alpha value is -1.94. The average molecular weight is 332 g/mol. The van der Waals surface area contributed by atoms with Gasteiger partial charge in [-0.3, -0.25) is 4.79 Å². The first kappa shape index (κ1) is 18.1. The summed E-state index contributed by atoms with van der Waals surface area (Å²) in [6.07, 6.45) is 3.17. The summed E-state index contributed by atoms with van der Waals surface area (Å²) < 4.78 is 27.3. The van der Waals surface area contributed by atoms with E-state index < -0.39 is 34.5 Å². The zero-order valence-corrected chi connectivity index (χ0v) is 13.4. The lowest BCUT2D eigenvalue weighted by molar-refractivity contribution is -0.143. The molecule has 0 aliphatic carbocycles. The Bertz CT molecular complexity index is 640. The second kappa shape index (κ2) is 7.36. The minimum absolute atomic E-state index is 0.209. The van der Waals surface area contributed by atoms with Gasteiger partial charge < -0.3 is 15.0 Å². The van der Waals surface area contributed by atoms with Crippen LogP contribution in [0.2, 0.25) is 0 Å².